The van der Waals surface area contributed by atoms with E-state index in [0.29, 0.717) is 5.69 Å². The van der Waals surface area contributed by atoms with Crippen molar-refractivity contribution in [3.8, 4) is 0 Å². The average molecular weight is 377 g/mol. The normalized spacial score (nSPS) is 16.6. The maximum Gasteiger partial charge on any atom is 0.416 e. The second kappa shape index (κ2) is 7.10. The summed E-state index contributed by atoms with van der Waals surface area (Å²) in [4.78, 5) is 36.6. The Bertz CT molecular complexity index is 912. The minimum atomic E-state index is -4.54. The van der Waals surface area contributed by atoms with Gasteiger partial charge in [0.1, 0.15) is 6.04 Å². The summed E-state index contributed by atoms with van der Waals surface area (Å²) >= 11 is 0. The van der Waals surface area contributed by atoms with Gasteiger partial charge in [0.2, 0.25) is 11.8 Å². The van der Waals surface area contributed by atoms with E-state index in [1.807, 2.05) is 0 Å². The third-order valence-corrected chi connectivity index (χ3v) is 3.91. The summed E-state index contributed by atoms with van der Waals surface area (Å²) in [5.74, 6) is -1.82. The molecular formula is C18H14F3N3O3. The molecule has 0 saturated heterocycles. The van der Waals surface area contributed by atoms with Gasteiger partial charge in [0.05, 0.1) is 23.2 Å². The Balaban J connectivity index is 1.70. The molecule has 0 radical (unpaired) electrons. The van der Waals surface area contributed by atoms with Gasteiger partial charge in [-0.05, 0) is 30.3 Å². The van der Waals surface area contributed by atoms with Gasteiger partial charge in [0.15, 0.2) is 0 Å². The first-order chi connectivity index (χ1) is 12.7. The number of amides is 3. The summed E-state index contributed by atoms with van der Waals surface area (Å²) in [6.07, 6.45) is -4.97. The van der Waals surface area contributed by atoms with Gasteiger partial charge >= 0.3 is 6.18 Å². The zero-order valence-electron chi connectivity index (χ0n) is 13.8. The van der Waals surface area contributed by atoms with E-state index in [9.17, 15) is 27.6 Å². The van der Waals surface area contributed by atoms with Crippen LogP contribution in [0.1, 0.15) is 22.3 Å². The highest BCUT2D eigenvalue weighted by molar-refractivity contribution is 6.11. The lowest BCUT2D eigenvalue weighted by Gasteiger charge is -2.15. The summed E-state index contributed by atoms with van der Waals surface area (Å²) in [5, 5.41) is 7.30. The van der Waals surface area contributed by atoms with Gasteiger partial charge in [0, 0.05) is 5.69 Å². The highest BCUT2D eigenvalue weighted by Gasteiger charge is 2.31. The van der Waals surface area contributed by atoms with E-state index in [2.05, 4.69) is 16.0 Å². The van der Waals surface area contributed by atoms with Gasteiger partial charge in [-0.25, -0.2) is 0 Å². The van der Waals surface area contributed by atoms with Crippen LogP contribution in [0, 0.1) is 0 Å². The smallest absolute Gasteiger partial charge is 0.340 e. The van der Waals surface area contributed by atoms with Crippen LogP contribution in [0.4, 0.5) is 24.5 Å². The number of nitrogens with one attached hydrogen (secondary N) is 3. The number of rotatable bonds is 3. The van der Waals surface area contributed by atoms with Crippen molar-refractivity contribution in [2.75, 3.05) is 10.6 Å². The fourth-order valence-electron chi connectivity index (χ4n) is 2.63. The largest absolute Gasteiger partial charge is 0.416 e. The van der Waals surface area contributed by atoms with Crippen molar-refractivity contribution in [3.05, 3.63) is 59.7 Å². The number of fused-ring (bicyclic) bond motifs is 1. The number of anilines is 2. The first kappa shape index (κ1) is 18.4. The SMILES string of the molecule is O=C(C[C@@H]1NC(=O)c2ccccc2NC1=O)Nc1cccc(C(F)(F)F)c1. The molecule has 140 valence electrons. The molecule has 3 rings (SSSR count). The van der Waals surface area contributed by atoms with Crippen molar-refractivity contribution in [2.24, 2.45) is 0 Å². The molecular weight excluding hydrogens is 363 g/mol. The topological polar surface area (TPSA) is 87.3 Å². The van der Waals surface area contributed by atoms with Crippen LogP contribution in [-0.2, 0) is 15.8 Å². The minimum Gasteiger partial charge on any atom is -0.340 e. The van der Waals surface area contributed by atoms with E-state index in [1.165, 1.54) is 12.1 Å². The van der Waals surface area contributed by atoms with Crippen LogP contribution in [0.2, 0.25) is 0 Å². The van der Waals surface area contributed by atoms with Crippen LogP contribution in [0.25, 0.3) is 0 Å². The molecule has 0 bridgehead atoms. The van der Waals surface area contributed by atoms with Crippen molar-refractivity contribution in [3.63, 3.8) is 0 Å². The van der Waals surface area contributed by atoms with Crippen LogP contribution < -0.4 is 16.0 Å². The number of alkyl halides is 3. The zero-order chi connectivity index (χ0) is 19.6. The second-order valence-corrected chi connectivity index (χ2v) is 5.89. The second-order valence-electron chi connectivity index (χ2n) is 5.89. The number of hydrogen-bond donors (Lipinski definition) is 3. The van der Waals surface area contributed by atoms with Gasteiger partial charge < -0.3 is 16.0 Å². The van der Waals surface area contributed by atoms with Crippen molar-refractivity contribution >= 4 is 29.1 Å². The minimum absolute atomic E-state index is 0.0570. The molecule has 0 aliphatic carbocycles. The third kappa shape index (κ3) is 4.25. The molecule has 0 saturated carbocycles. The summed E-state index contributed by atoms with van der Waals surface area (Å²) in [5.41, 5.74) is -0.387. The van der Waals surface area contributed by atoms with E-state index < -0.39 is 41.9 Å². The molecule has 1 aliphatic rings. The molecule has 0 aromatic heterocycles. The molecule has 3 N–H and O–H groups in total. The Labute approximate surface area is 151 Å². The lowest BCUT2D eigenvalue weighted by atomic mass is 10.1. The molecule has 2 aromatic carbocycles. The monoisotopic (exact) mass is 377 g/mol. The number of benzene rings is 2. The lowest BCUT2D eigenvalue weighted by molar-refractivity contribution is -0.137. The Kier molecular flexibility index (Phi) is 4.85. The number of hydrogen-bond acceptors (Lipinski definition) is 3. The van der Waals surface area contributed by atoms with Gasteiger partial charge in [-0.1, -0.05) is 18.2 Å². The number of para-hydroxylation sites is 1. The molecule has 0 spiro atoms. The Morgan fingerprint density at radius 1 is 1.07 bits per heavy atom. The quantitative estimate of drug-likeness (QED) is 0.769. The first-order valence-electron chi connectivity index (χ1n) is 7.92. The Morgan fingerprint density at radius 3 is 2.56 bits per heavy atom. The molecule has 3 amide bonds. The summed E-state index contributed by atoms with van der Waals surface area (Å²) in [6, 6.07) is 9.33. The number of carbonyl (C=O) groups excluding carboxylic acids is 3. The molecule has 0 unspecified atom stereocenters. The fourth-order valence-corrected chi connectivity index (χ4v) is 2.63. The third-order valence-electron chi connectivity index (χ3n) is 3.91. The van der Waals surface area contributed by atoms with Gasteiger partial charge in [0.25, 0.3) is 5.91 Å². The van der Waals surface area contributed by atoms with E-state index in [1.54, 1.807) is 18.2 Å². The van der Waals surface area contributed by atoms with Gasteiger partial charge in [-0.2, -0.15) is 13.2 Å². The fraction of sp³-hybridized carbons (Fsp3) is 0.167. The van der Waals surface area contributed by atoms with Crippen molar-refractivity contribution in [1.82, 2.24) is 5.32 Å². The molecule has 1 aliphatic heterocycles. The predicted octanol–water partition coefficient (Wildman–Crippen LogP) is 2.78. The number of halogens is 3. The maximum absolute atomic E-state index is 12.7. The van der Waals surface area contributed by atoms with Gasteiger partial charge in [-0.3, -0.25) is 14.4 Å². The predicted molar refractivity (Wildman–Crippen MR) is 91.0 cm³/mol. The lowest BCUT2D eigenvalue weighted by Crippen LogP contribution is -2.43. The average Bonchev–Trinajstić information content (AvgIpc) is 2.71. The van der Waals surface area contributed by atoms with Crippen molar-refractivity contribution in [1.29, 1.82) is 0 Å². The van der Waals surface area contributed by atoms with Crippen LogP contribution in [0.3, 0.4) is 0 Å². The molecule has 1 heterocycles. The standard InChI is InChI=1S/C18H14F3N3O3/c19-18(20,21)10-4-3-5-11(8-10)22-15(25)9-14-17(27)23-13-7-2-1-6-12(13)16(26)24-14/h1-8,14H,9H2,(H,22,25)(H,23,27)(H,24,26)/t14-/m0/s1. The maximum atomic E-state index is 12.7. The highest BCUT2D eigenvalue weighted by atomic mass is 19.4. The molecule has 2 aromatic rings. The van der Waals surface area contributed by atoms with E-state index in [4.69, 9.17) is 0 Å². The number of carbonyl (C=O) groups is 3. The first-order valence-corrected chi connectivity index (χ1v) is 7.92. The molecule has 0 fully saturated rings. The highest BCUT2D eigenvalue weighted by Crippen LogP contribution is 2.30. The summed E-state index contributed by atoms with van der Waals surface area (Å²) in [7, 11) is 0. The molecule has 6 nitrogen and oxygen atoms in total. The Morgan fingerprint density at radius 2 is 1.81 bits per heavy atom. The van der Waals surface area contributed by atoms with Crippen LogP contribution in [-0.4, -0.2) is 23.8 Å². The van der Waals surface area contributed by atoms with E-state index in [0.717, 1.165) is 18.2 Å². The molecule has 1 atom stereocenters. The van der Waals surface area contributed by atoms with Crippen LogP contribution in [0.5, 0.6) is 0 Å². The van der Waals surface area contributed by atoms with Crippen molar-refractivity contribution in [2.45, 2.75) is 18.6 Å². The van der Waals surface area contributed by atoms with Gasteiger partial charge in [-0.15, -0.1) is 0 Å². The van der Waals surface area contributed by atoms with Crippen molar-refractivity contribution < 1.29 is 27.6 Å². The van der Waals surface area contributed by atoms with E-state index >= 15 is 0 Å². The van der Waals surface area contributed by atoms with Crippen LogP contribution in [0.15, 0.2) is 48.5 Å². The summed E-state index contributed by atoms with van der Waals surface area (Å²) in [6.45, 7) is 0. The molecule has 27 heavy (non-hydrogen) atoms. The zero-order valence-corrected chi connectivity index (χ0v) is 13.8. The summed E-state index contributed by atoms with van der Waals surface area (Å²) < 4.78 is 38.2. The Hall–Kier alpha value is -3.36. The van der Waals surface area contributed by atoms with E-state index in [-0.39, 0.29) is 11.3 Å². The van der Waals surface area contributed by atoms with Crippen LogP contribution >= 0.6 is 0 Å². The molecule has 9 heteroatoms.